The van der Waals surface area contributed by atoms with Gasteiger partial charge < -0.3 is 20.1 Å². The fraction of sp³-hybridized carbons (Fsp3) is 0.217. The van der Waals surface area contributed by atoms with Gasteiger partial charge in [0.05, 0.1) is 32.3 Å². The number of ether oxygens (including phenoxy) is 2. The number of nitrogens with zero attached hydrogens (tertiary/aromatic N) is 4. The van der Waals surface area contributed by atoms with Crippen LogP contribution in [0.4, 0.5) is 10.2 Å². The van der Waals surface area contributed by atoms with Crippen molar-refractivity contribution in [3.05, 3.63) is 71.9 Å². The molecule has 4 aromatic rings. The van der Waals surface area contributed by atoms with Crippen LogP contribution in [0.3, 0.4) is 0 Å². The molecule has 0 fully saturated rings. The fourth-order valence-electron chi connectivity index (χ4n) is 3.34. The van der Waals surface area contributed by atoms with Gasteiger partial charge in [0.2, 0.25) is 0 Å². The van der Waals surface area contributed by atoms with Crippen molar-refractivity contribution in [1.82, 2.24) is 25.1 Å². The Kier molecular flexibility index (Phi) is 6.63. The van der Waals surface area contributed by atoms with Crippen LogP contribution in [0.5, 0.6) is 11.5 Å². The minimum Gasteiger partial charge on any atom is -0.493 e. The summed E-state index contributed by atoms with van der Waals surface area (Å²) in [7, 11) is 3.06. The van der Waals surface area contributed by atoms with Gasteiger partial charge in [0, 0.05) is 18.7 Å². The lowest BCUT2D eigenvalue weighted by atomic mass is 10.2. The van der Waals surface area contributed by atoms with Crippen LogP contribution < -0.4 is 20.1 Å². The van der Waals surface area contributed by atoms with Crippen molar-refractivity contribution >= 4 is 22.8 Å². The highest BCUT2D eigenvalue weighted by atomic mass is 19.1. The van der Waals surface area contributed by atoms with E-state index in [1.807, 2.05) is 0 Å². The lowest BCUT2D eigenvalue weighted by Gasteiger charge is -2.10. The van der Waals surface area contributed by atoms with Crippen molar-refractivity contribution in [2.45, 2.75) is 13.1 Å². The minimum absolute atomic E-state index is 0.233. The van der Waals surface area contributed by atoms with Crippen molar-refractivity contribution in [1.29, 1.82) is 0 Å². The minimum atomic E-state index is -0.275. The molecule has 4 rings (SSSR count). The Balaban J connectivity index is 1.39. The largest absolute Gasteiger partial charge is 0.493 e. The zero-order valence-corrected chi connectivity index (χ0v) is 18.2. The summed E-state index contributed by atoms with van der Waals surface area (Å²) in [6, 6.07) is 11.3. The molecule has 2 N–H and O–H groups in total. The molecule has 2 aromatic carbocycles. The van der Waals surface area contributed by atoms with Gasteiger partial charge in [0.15, 0.2) is 17.1 Å². The molecule has 0 spiro atoms. The van der Waals surface area contributed by atoms with Crippen LogP contribution in [0.15, 0.2) is 55.0 Å². The van der Waals surface area contributed by atoms with E-state index in [0.717, 1.165) is 10.9 Å². The summed E-state index contributed by atoms with van der Waals surface area (Å²) in [5.41, 5.74) is 2.04. The van der Waals surface area contributed by atoms with E-state index in [9.17, 15) is 9.18 Å². The van der Waals surface area contributed by atoms with Crippen LogP contribution >= 0.6 is 0 Å². The number of hydrogen-bond donors (Lipinski definition) is 2. The second-order valence-electron chi connectivity index (χ2n) is 7.13. The first-order valence-corrected chi connectivity index (χ1v) is 10.2. The molecule has 0 aliphatic rings. The van der Waals surface area contributed by atoms with E-state index in [2.05, 4.69) is 25.7 Å². The molecule has 1 amide bonds. The normalized spacial score (nSPS) is 10.8. The molecule has 0 unspecified atom stereocenters. The Bertz CT molecular complexity index is 1260. The molecular formula is C23H23FN6O3. The Labute approximate surface area is 189 Å². The third-order valence-corrected chi connectivity index (χ3v) is 5.06. The van der Waals surface area contributed by atoms with Crippen molar-refractivity contribution < 1.29 is 18.7 Å². The summed E-state index contributed by atoms with van der Waals surface area (Å²) >= 11 is 0. The standard InChI is InChI=1S/C23H23FN6O3/c1-32-19-8-5-16(11-20(19)33-2)23(31)25-9-10-30-22-18(13-29-30)21(27-14-28-22)26-12-15-3-6-17(24)7-4-15/h3-8,11,13-14H,9-10,12H2,1-2H3,(H,25,31)(H,26,27,28). The molecule has 0 radical (unpaired) electrons. The number of rotatable bonds is 9. The number of carbonyl (C=O) groups excluding carboxylic acids is 1. The predicted octanol–water partition coefficient (Wildman–Crippen LogP) is 3.02. The van der Waals surface area contributed by atoms with Crippen LogP contribution in [0.1, 0.15) is 15.9 Å². The third kappa shape index (κ3) is 5.00. The van der Waals surface area contributed by atoms with Crippen molar-refractivity contribution in [3.63, 3.8) is 0 Å². The van der Waals surface area contributed by atoms with E-state index in [1.165, 1.54) is 25.6 Å². The zero-order valence-electron chi connectivity index (χ0n) is 18.2. The summed E-state index contributed by atoms with van der Waals surface area (Å²) in [6.45, 7) is 1.27. The Morgan fingerprint density at radius 1 is 1.06 bits per heavy atom. The lowest BCUT2D eigenvalue weighted by Crippen LogP contribution is -2.27. The van der Waals surface area contributed by atoms with Gasteiger partial charge in [-0.3, -0.25) is 4.79 Å². The van der Waals surface area contributed by atoms with Gasteiger partial charge in [-0.05, 0) is 35.9 Å². The summed E-state index contributed by atoms with van der Waals surface area (Å²) in [5, 5.41) is 11.2. The van der Waals surface area contributed by atoms with E-state index in [-0.39, 0.29) is 11.7 Å². The first-order valence-electron chi connectivity index (χ1n) is 10.2. The van der Waals surface area contributed by atoms with Gasteiger partial charge in [-0.1, -0.05) is 12.1 Å². The van der Waals surface area contributed by atoms with Gasteiger partial charge in [-0.25, -0.2) is 19.0 Å². The number of halogens is 1. The number of aromatic nitrogens is 4. The second-order valence-corrected chi connectivity index (χ2v) is 7.13. The summed E-state index contributed by atoms with van der Waals surface area (Å²) in [5.74, 6) is 1.16. The highest BCUT2D eigenvalue weighted by Crippen LogP contribution is 2.27. The van der Waals surface area contributed by atoms with Gasteiger partial charge in [-0.15, -0.1) is 0 Å². The summed E-state index contributed by atoms with van der Waals surface area (Å²) in [6.07, 6.45) is 3.13. The molecule has 0 aliphatic heterocycles. The maximum atomic E-state index is 13.1. The lowest BCUT2D eigenvalue weighted by molar-refractivity contribution is 0.0951. The quantitative estimate of drug-likeness (QED) is 0.404. The second kappa shape index (κ2) is 9.94. The first kappa shape index (κ1) is 22.0. The number of methoxy groups -OCH3 is 2. The molecule has 33 heavy (non-hydrogen) atoms. The average Bonchev–Trinajstić information content (AvgIpc) is 3.26. The number of amides is 1. The van der Waals surface area contributed by atoms with E-state index in [0.29, 0.717) is 48.2 Å². The maximum absolute atomic E-state index is 13.1. The number of benzene rings is 2. The molecule has 0 saturated carbocycles. The highest BCUT2D eigenvalue weighted by molar-refractivity contribution is 5.94. The Hall–Kier alpha value is -4.21. The predicted molar refractivity (Wildman–Crippen MR) is 121 cm³/mol. The van der Waals surface area contributed by atoms with E-state index >= 15 is 0 Å². The van der Waals surface area contributed by atoms with E-state index in [4.69, 9.17) is 9.47 Å². The number of hydrogen-bond acceptors (Lipinski definition) is 7. The summed E-state index contributed by atoms with van der Waals surface area (Å²) < 4.78 is 25.2. The van der Waals surface area contributed by atoms with Gasteiger partial charge in [0.1, 0.15) is 18.0 Å². The number of nitrogens with one attached hydrogen (secondary N) is 2. The first-order chi connectivity index (χ1) is 16.1. The molecule has 0 bridgehead atoms. The SMILES string of the molecule is COc1ccc(C(=O)NCCn2ncc3c(NCc4ccc(F)cc4)ncnc32)cc1OC. The Morgan fingerprint density at radius 3 is 2.61 bits per heavy atom. The van der Waals surface area contributed by atoms with Gasteiger partial charge >= 0.3 is 0 Å². The topological polar surface area (TPSA) is 103 Å². The van der Waals surface area contributed by atoms with Crippen LogP contribution in [-0.2, 0) is 13.1 Å². The fourth-order valence-corrected chi connectivity index (χ4v) is 3.34. The number of carbonyl (C=O) groups is 1. The zero-order chi connectivity index (χ0) is 23.2. The summed E-state index contributed by atoms with van der Waals surface area (Å²) in [4.78, 5) is 21.1. The molecule has 170 valence electrons. The molecule has 0 saturated heterocycles. The smallest absolute Gasteiger partial charge is 0.251 e. The monoisotopic (exact) mass is 450 g/mol. The molecule has 10 heteroatoms. The maximum Gasteiger partial charge on any atom is 0.251 e. The molecule has 0 atom stereocenters. The Morgan fingerprint density at radius 2 is 1.85 bits per heavy atom. The van der Waals surface area contributed by atoms with E-state index in [1.54, 1.807) is 48.3 Å². The number of anilines is 1. The molecule has 9 nitrogen and oxygen atoms in total. The number of fused-ring (bicyclic) bond motifs is 1. The van der Waals surface area contributed by atoms with Crippen LogP contribution in [-0.4, -0.2) is 46.4 Å². The molecule has 2 aromatic heterocycles. The van der Waals surface area contributed by atoms with Crippen molar-refractivity contribution in [2.75, 3.05) is 26.1 Å². The third-order valence-electron chi connectivity index (χ3n) is 5.06. The van der Waals surface area contributed by atoms with Gasteiger partial charge in [-0.2, -0.15) is 5.10 Å². The molecule has 0 aliphatic carbocycles. The van der Waals surface area contributed by atoms with Crippen LogP contribution in [0.2, 0.25) is 0 Å². The van der Waals surface area contributed by atoms with Gasteiger partial charge in [0.25, 0.3) is 5.91 Å². The van der Waals surface area contributed by atoms with Crippen molar-refractivity contribution in [2.24, 2.45) is 0 Å². The average molecular weight is 450 g/mol. The molecular weight excluding hydrogens is 427 g/mol. The molecule has 2 heterocycles. The van der Waals surface area contributed by atoms with E-state index < -0.39 is 0 Å². The van der Waals surface area contributed by atoms with Crippen molar-refractivity contribution in [3.8, 4) is 11.5 Å². The van der Waals surface area contributed by atoms with Crippen LogP contribution in [0, 0.1) is 5.82 Å². The van der Waals surface area contributed by atoms with Crippen LogP contribution in [0.25, 0.3) is 11.0 Å². The highest BCUT2D eigenvalue weighted by Gasteiger charge is 2.12.